The third-order valence-corrected chi connectivity index (χ3v) is 2.06. The van der Waals surface area contributed by atoms with E-state index in [0.717, 1.165) is 6.26 Å². The molecule has 7 heteroatoms. The van der Waals surface area contributed by atoms with E-state index in [1.54, 1.807) is 19.1 Å². The van der Waals surface area contributed by atoms with Crippen LogP contribution in [0.25, 0.3) is 0 Å². The lowest BCUT2D eigenvalue weighted by atomic mass is 10.3. The zero-order valence-electron chi connectivity index (χ0n) is 9.51. The van der Waals surface area contributed by atoms with Crippen LogP contribution in [0.4, 0.5) is 5.69 Å². The number of ether oxygens (including phenoxy) is 1. The second-order valence-corrected chi connectivity index (χ2v) is 3.66. The van der Waals surface area contributed by atoms with Crippen LogP contribution in [0.2, 0.25) is 5.15 Å². The van der Waals surface area contributed by atoms with Gasteiger partial charge in [0.15, 0.2) is 0 Å². The largest absolute Gasteiger partial charge is 0.481 e. The van der Waals surface area contributed by atoms with Crippen LogP contribution in [-0.2, 0) is 14.3 Å². The zero-order chi connectivity index (χ0) is 13.5. The summed E-state index contributed by atoms with van der Waals surface area (Å²) in [6.07, 6.45) is 1.75. The number of aromatic nitrogens is 1. The van der Waals surface area contributed by atoms with Gasteiger partial charge in [-0.15, -0.1) is 0 Å². The minimum Gasteiger partial charge on any atom is -0.481 e. The molecular formula is C11H11ClN2O4. The van der Waals surface area contributed by atoms with Crippen molar-refractivity contribution in [3.05, 3.63) is 35.4 Å². The number of esters is 1. The highest BCUT2D eigenvalue weighted by atomic mass is 35.5. The Morgan fingerprint density at radius 3 is 2.89 bits per heavy atom. The summed E-state index contributed by atoms with van der Waals surface area (Å²) in [5.41, 5.74) is 1.38. The van der Waals surface area contributed by atoms with Gasteiger partial charge in [0.05, 0.1) is 11.4 Å². The number of halogens is 1. The molecule has 0 unspecified atom stereocenters. The second-order valence-electron chi connectivity index (χ2n) is 3.27. The normalized spacial score (nSPS) is 10.3. The highest BCUT2D eigenvalue weighted by Gasteiger charge is 2.06. The molecule has 1 aromatic heterocycles. The molecule has 0 spiro atoms. The maximum absolute atomic E-state index is 10.9. The van der Waals surface area contributed by atoms with Crippen molar-refractivity contribution in [2.24, 2.45) is 0 Å². The maximum Gasteiger partial charge on any atom is 0.322 e. The Bertz CT molecular complexity index is 488. The minimum absolute atomic E-state index is 0.384. The van der Waals surface area contributed by atoms with Crippen molar-refractivity contribution in [1.82, 2.24) is 4.98 Å². The molecule has 0 saturated heterocycles. The summed E-state index contributed by atoms with van der Waals surface area (Å²) in [6, 6.07) is 3.33. The lowest BCUT2D eigenvalue weighted by Crippen LogP contribution is -2.07. The summed E-state index contributed by atoms with van der Waals surface area (Å²) in [5.74, 6) is -2.08. The number of aryl methyl sites for hydroxylation is 1. The molecule has 0 bridgehead atoms. The molecule has 0 aliphatic rings. The van der Waals surface area contributed by atoms with Gasteiger partial charge in [-0.1, -0.05) is 11.6 Å². The Morgan fingerprint density at radius 2 is 2.28 bits per heavy atom. The van der Waals surface area contributed by atoms with Crippen LogP contribution < -0.4 is 5.32 Å². The van der Waals surface area contributed by atoms with E-state index in [1.807, 2.05) is 0 Å². The van der Waals surface area contributed by atoms with Gasteiger partial charge in [0.1, 0.15) is 17.8 Å². The Labute approximate surface area is 108 Å². The molecule has 0 aliphatic carbocycles. The Balaban J connectivity index is 2.45. The third-order valence-electron chi connectivity index (χ3n) is 1.85. The number of anilines is 1. The molecular weight excluding hydrogens is 260 g/mol. The first kappa shape index (κ1) is 14.0. The lowest BCUT2D eigenvalue weighted by molar-refractivity contribution is -0.147. The molecule has 0 aliphatic heterocycles. The SMILES string of the molecule is Cc1nc(Cl)ccc1NC=COC(=O)CC(=O)O. The summed E-state index contributed by atoms with van der Waals surface area (Å²) < 4.78 is 4.53. The Kier molecular flexibility index (Phi) is 5.13. The van der Waals surface area contributed by atoms with Gasteiger partial charge in [0.25, 0.3) is 0 Å². The molecule has 0 fully saturated rings. The molecule has 1 rings (SSSR count). The molecule has 0 aromatic carbocycles. The van der Waals surface area contributed by atoms with Gasteiger partial charge >= 0.3 is 11.9 Å². The van der Waals surface area contributed by atoms with E-state index in [4.69, 9.17) is 16.7 Å². The number of carboxylic acid groups (broad SMARTS) is 1. The minimum atomic E-state index is -1.24. The van der Waals surface area contributed by atoms with Crippen molar-refractivity contribution in [2.45, 2.75) is 13.3 Å². The lowest BCUT2D eigenvalue weighted by Gasteiger charge is -2.04. The molecule has 1 aromatic rings. The summed E-state index contributed by atoms with van der Waals surface area (Å²) in [5, 5.41) is 11.5. The Hall–Kier alpha value is -2.08. The number of rotatable bonds is 5. The fourth-order valence-corrected chi connectivity index (χ4v) is 1.27. The first-order valence-electron chi connectivity index (χ1n) is 4.95. The molecule has 18 heavy (non-hydrogen) atoms. The van der Waals surface area contributed by atoms with Gasteiger partial charge in [0.2, 0.25) is 0 Å². The van der Waals surface area contributed by atoms with Crippen molar-refractivity contribution < 1.29 is 19.4 Å². The standard InChI is InChI=1S/C11H11ClN2O4/c1-7-8(2-3-9(12)14-7)13-4-5-18-11(17)6-10(15)16/h2-5,13H,6H2,1H3,(H,15,16). The molecule has 0 radical (unpaired) electrons. The second kappa shape index (κ2) is 6.61. The van der Waals surface area contributed by atoms with Gasteiger partial charge < -0.3 is 15.2 Å². The van der Waals surface area contributed by atoms with Gasteiger partial charge in [0, 0.05) is 6.20 Å². The monoisotopic (exact) mass is 270 g/mol. The molecule has 6 nitrogen and oxygen atoms in total. The number of nitrogens with one attached hydrogen (secondary N) is 1. The van der Waals surface area contributed by atoms with Gasteiger partial charge in [-0.25, -0.2) is 4.98 Å². The van der Waals surface area contributed by atoms with E-state index >= 15 is 0 Å². The zero-order valence-corrected chi connectivity index (χ0v) is 10.3. The number of carbonyl (C=O) groups is 2. The number of hydrogen-bond donors (Lipinski definition) is 2. The maximum atomic E-state index is 10.9. The first-order chi connectivity index (χ1) is 8.49. The smallest absolute Gasteiger partial charge is 0.322 e. The molecule has 2 N–H and O–H groups in total. The van der Waals surface area contributed by atoms with Crippen molar-refractivity contribution >= 4 is 29.2 Å². The average molecular weight is 271 g/mol. The van der Waals surface area contributed by atoms with E-state index in [0.29, 0.717) is 16.5 Å². The van der Waals surface area contributed by atoms with E-state index < -0.39 is 18.4 Å². The molecule has 1 heterocycles. The number of pyridine rings is 1. The van der Waals surface area contributed by atoms with Crippen LogP contribution in [0.1, 0.15) is 12.1 Å². The van der Waals surface area contributed by atoms with E-state index in [-0.39, 0.29) is 0 Å². The van der Waals surface area contributed by atoms with Gasteiger partial charge in [-0.3, -0.25) is 9.59 Å². The topological polar surface area (TPSA) is 88.5 Å². The number of carbonyl (C=O) groups excluding carboxylic acids is 1. The number of aliphatic carboxylic acids is 1. The highest BCUT2D eigenvalue weighted by molar-refractivity contribution is 6.29. The Morgan fingerprint density at radius 1 is 1.56 bits per heavy atom. The average Bonchev–Trinajstić information content (AvgIpc) is 2.25. The van der Waals surface area contributed by atoms with Crippen LogP contribution in [0.5, 0.6) is 0 Å². The quantitative estimate of drug-likeness (QED) is 0.368. The summed E-state index contributed by atoms with van der Waals surface area (Å²) in [6.45, 7) is 1.76. The highest BCUT2D eigenvalue weighted by Crippen LogP contribution is 2.15. The molecule has 0 atom stereocenters. The van der Waals surface area contributed by atoms with E-state index in [9.17, 15) is 9.59 Å². The number of hydrogen-bond acceptors (Lipinski definition) is 5. The summed E-state index contributed by atoms with van der Waals surface area (Å²) in [4.78, 5) is 25.1. The predicted octanol–water partition coefficient (Wildman–Crippen LogP) is 1.94. The predicted molar refractivity (Wildman–Crippen MR) is 65.1 cm³/mol. The third kappa shape index (κ3) is 4.84. The fraction of sp³-hybridized carbons (Fsp3) is 0.182. The van der Waals surface area contributed by atoms with Crippen LogP contribution in [0.15, 0.2) is 24.6 Å². The van der Waals surface area contributed by atoms with Crippen LogP contribution in [0, 0.1) is 6.92 Å². The molecule has 0 amide bonds. The summed E-state index contributed by atoms with van der Waals surface area (Å²) in [7, 11) is 0. The van der Waals surface area contributed by atoms with Crippen LogP contribution in [-0.4, -0.2) is 22.0 Å². The van der Waals surface area contributed by atoms with E-state index in [1.165, 1.54) is 6.20 Å². The van der Waals surface area contributed by atoms with Crippen molar-refractivity contribution in [2.75, 3.05) is 5.32 Å². The van der Waals surface area contributed by atoms with Crippen molar-refractivity contribution in [1.29, 1.82) is 0 Å². The summed E-state index contributed by atoms with van der Waals surface area (Å²) >= 11 is 5.69. The van der Waals surface area contributed by atoms with Crippen LogP contribution in [0.3, 0.4) is 0 Å². The number of nitrogens with zero attached hydrogens (tertiary/aromatic N) is 1. The fourth-order valence-electron chi connectivity index (χ4n) is 1.08. The molecule has 96 valence electrons. The first-order valence-corrected chi connectivity index (χ1v) is 5.33. The van der Waals surface area contributed by atoms with Crippen LogP contribution >= 0.6 is 11.6 Å². The van der Waals surface area contributed by atoms with Crippen molar-refractivity contribution in [3.8, 4) is 0 Å². The van der Waals surface area contributed by atoms with Gasteiger partial charge in [-0.05, 0) is 19.1 Å². The van der Waals surface area contributed by atoms with Gasteiger partial charge in [-0.2, -0.15) is 0 Å². The van der Waals surface area contributed by atoms with E-state index in [2.05, 4.69) is 15.0 Å². The molecule has 0 saturated carbocycles. The van der Waals surface area contributed by atoms with Crippen molar-refractivity contribution in [3.63, 3.8) is 0 Å². The number of carboxylic acids is 1.